The summed E-state index contributed by atoms with van der Waals surface area (Å²) >= 11 is 12.0. The van der Waals surface area contributed by atoms with Crippen molar-refractivity contribution in [2.75, 3.05) is 5.32 Å². The molecule has 1 heterocycles. The summed E-state index contributed by atoms with van der Waals surface area (Å²) in [4.78, 5) is 17.4. The number of rotatable bonds is 4. The first-order valence-electron chi connectivity index (χ1n) is 8.37. The molecule has 0 aliphatic rings. The molecule has 1 aromatic heterocycles. The van der Waals surface area contributed by atoms with Gasteiger partial charge in [0.2, 0.25) is 5.91 Å². The Labute approximate surface area is 166 Å². The summed E-state index contributed by atoms with van der Waals surface area (Å²) in [6.45, 7) is 0.130. The van der Waals surface area contributed by atoms with Gasteiger partial charge in [0.1, 0.15) is 12.4 Å². The summed E-state index contributed by atoms with van der Waals surface area (Å²) in [6.07, 6.45) is 0. The molecule has 6 heteroatoms. The number of nitrogens with zero attached hydrogens (tertiary/aromatic N) is 2. The molecule has 0 spiro atoms. The number of halogens is 2. The van der Waals surface area contributed by atoms with Crippen LogP contribution in [0.2, 0.25) is 10.0 Å². The fraction of sp³-hybridized carbons (Fsp3) is 0.0476. The first-order chi connectivity index (χ1) is 13.1. The maximum Gasteiger partial charge on any atom is 0.244 e. The zero-order valence-corrected chi connectivity index (χ0v) is 15.7. The van der Waals surface area contributed by atoms with Crippen molar-refractivity contribution in [1.82, 2.24) is 9.55 Å². The Morgan fingerprint density at radius 3 is 2.48 bits per heavy atom. The standard InChI is InChI=1S/C21H15Cl2N3O/c22-15-10-8-14(9-11-15)21-25-18-6-1-2-7-19(18)26(21)13-20(27)24-17-5-3-4-16(23)12-17/h1-12H,13H2,(H,24,27). The molecular weight excluding hydrogens is 381 g/mol. The van der Waals surface area contributed by atoms with Crippen LogP contribution < -0.4 is 5.32 Å². The van der Waals surface area contributed by atoms with E-state index in [9.17, 15) is 4.79 Å². The van der Waals surface area contributed by atoms with Gasteiger partial charge < -0.3 is 9.88 Å². The zero-order valence-electron chi connectivity index (χ0n) is 14.2. The van der Waals surface area contributed by atoms with E-state index < -0.39 is 0 Å². The molecular formula is C21H15Cl2N3O. The van der Waals surface area contributed by atoms with Gasteiger partial charge in [-0.25, -0.2) is 4.98 Å². The molecule has 4 rings (SSSR count). The van der Waals surface area contributed by atoms with E-state index in [4.69, 9.17) is 28.2 Å². The number of amides is 1. The first kappa shape index (κ1) is 17.6. The second-order valence-electron chi connectivity index (χ2n) is 6.08. The summed E-state index contributed by atoms with van der Waals surface area (Å²) in [5.41, 5.74) is 3.28. The van der Waals surface area contributed by atoms with Crippen LogP contribution in [-0.4, -0.2) is 15.5 Å². The average Bonchev–Trinajstić information content (AvgIpc) is 3.01. The van der Waals surface area contributed by atoms with Crippen LogP contribution in [-0.2, 0) is 11.3 Å². The van der Waals surface area contributed by atoms with E-state index in [-0.39, 0.29) is 12.5 Å². The van der Waals surface area contributed by atoms with E-state index in [2.05, 4.69) is 5.32 Å². The number of aromatic nitrogens is 2. The Morgan fingerprint density at radius 2 is 1.70 bits per heavy atom. The lowest BCUT2D eigenvalue weighted by Gasteiger charge is -2.10. The number of benzene rings is 3. The van der Waals surface area contributed by atoms with E-state index in [0.29, 0.717) is 21.6 Å². The number of hydrogen-bond donors (Lipinski definition) is 1. The van der Waals surface area contributed by atoms with Crippen molar-refractivity contribution in [1.29, 1.82) is 0 Å². The van der Waals surface area contributed by atoms with Gasteiger partial charge >= 0.3 is 0 Å². The van der Waals surface area contributed by atoms with Gasteiger partial charge in [-0.3, -0.25) is 4.79 Å². The maximum atomic E-state index is 12.6. The summed E-state index contributed by atoms with van der Waals surface area (Å²) in [5.74, 6) is 0.560. The summed E-state index contributed by atoms with van der Waals surface area (Å²) in [6, 6.07) is 22.2. The Bertz CT molecular complexity index is 1120. The van der Waals surface area contributed by atoms with Gasteiger partial charge in [-0.05, 0) is 54.6 Å². The Hall–Kier alpha value is -2.82. The molecule has 0 saturated carbocycles. The predicted molar refractivity (Wildman–Crippen MR) is 110 cm³/mol. The van der Waals surface area contributed by atoms with E-state index in [0.717, 1.165) is 16.6 Å². The molecule has 1 amide bonds. The number of nitrogens with one attached hydrogen (secondary N) is 1. The van der Waals surface area contributed by atoms with Crippen LogP contribution in [0, 0.1) is 0 Å². The van der Waals surface area contributed by atoms with Crippen molar-refractivity contribution >= 4 is 45.8 Å². The van der Waals surface area contributed by atoms with Crippen molar-refractivity contribution in [3.63, 3.8) is 0 Å². The van der Waals surface area contributed by atoms with Gasteiger partial charge in [-0.1, -0.05) is 41.4 Å². The van der Waals surface area contributed by atoms with Gasteiger partial charge in [0, 0.05) is 21.3 Å². The Kier molecular flexibility index (Phi) is 4.84. The predicted octanol–water partition coefficient (Wildman–Crippen LogP) is 5.65. The van der Waals surface area contributed by atoms with Crippen LogP contribution in [0.5, 0.6) is 0 Å². The lowest BCUT2D eigenvalue weighted by atomic mass is 10.2. The monoisotopic (exact) mass is 395 g/mol. The quantitative estimate of drug-likeness (QED) is 0.485. The van der Waals surface area contributed by atoms with E-state index in [1.807, 2.05) is 53.1 Å². The summed E-state index contributed by atoms with van der Waals surface area (Å²) in [7, 11) is 0. The normalized spacial score (nSPS) is 10.9. The first-order valence-corrected chi connectivity index (χ1v) is 9.12. The van der Waals surface area contributed by atoms with Gasteiger partial charge in [0.15, 0.2) is 0 Å². The molecule has 1 N–H and O–H groups in total. The third-order valence-electron chi connectivity index (χ3n) is 4.17. The molecule has 0 aliphatic heterocycles. The van der Waals surface area contributed by atoms with Gasteiger partial charge in [0.05, 0.1) is 11.0 Å². The number of imidazole rings is 1. The molecule has 0 fully saturated rings. The smallest absolute Gasteiger partial charge is 0.244 e. The number of hydrogen-bond acceptors (Lipinski definition) is 2. The highest BCUT2D eigenvalue weighted by Gasteiger charge is 2.15. The second-order valence-corrected chi connectivity index (χ2v) is 6.95. The lowest BCUT2D eigenvalue weighted by molar-refractivity contribution is -0.116. The molecule has 0 bridgehead atoms. The van der Waals surface area contributed by atoms with E-state index >= 15 is 0 Å². The van der Waals surface area contributed by atoms with Crippen molar-refractivity contribution in [2.45, 2.75) is 6.54 Å². The van der Waals surface area contributed by atoms with Gasteiger partial charge in [-0.15, -0.1) is 0 Å². The number of fused-ring (bicyclic) bond motifs is 1. The molecule has 3 aromatic carbocycles. The highest BCUT2D eigenvalue weighted by atomic mass is 35.5. The van der Waals surface area contributed by atoms with Crippen LogP contribution in [0.3, 0.4) is 0 Å². The number of anilines is 1. The number of carbonyl (C=O) groups is 1. The molecule has 0 radical (unpaired) electrons. The fourth-order valence-corrected chi connectivity index (χ4v) is 3.28. The largest absolute Gasteiger partial charge is 0.324 e. The molecule has 134 valence electrons. The van der Waals surface area contributed by atoms with Crippen LogP contribution in [0.25, 0.3) is 22.4 Å². The van der Waals surface area contributed by atoms with Crippen molar-refractivity contribution < 1.29 is 4.79 Å². The van der Waals surface area contributed by atoms with Crippen LogP contribution >= 0.6 is 23.2 Å². The molecule has 27 heavy (non-hydrogen) atoms. The zero-order chi connectivity index (χ0) is 18.8. The second kappa shape index (κ2) is 7.43. The lowest BCUT2D eigenvalue weighted by Crippen LogP contribution is -2.19. The number of para-hydroxylation sites is 2. The van der Waals surface area contributed by atoms with Crippen molar-refractivity contribution in [3.05, 3.63) is 82.8 Å². The minimum Gasteiger partial charge on any atom is -0.324 e. The maximum absolute atomic E-state index is 12.6. The minimum absolute atomic E-state index is 0.130. The van der Waals surface area contributed by atoms with E-state index in [1.54, 1.807) is 24.3 Å². The van der Waals surface area contributed by atoms with Crippen LogP contribution in [0.4, 0.5) is 5.69 Å². The van der Waals surface area contributed by atoms with E-state index in [1.165, 1.54) is 0 Å². The average molecular weight is 396 g/mol. The van der Waals surface area contributed by atoms with Crippen LogP contribution in [0.15, 0.2) is 72.8 Å². The topological polar surface area (TPSA) is 46.9 Å². The van der Waals surface area contributed by atoms with Crippen molar-refractivity contribution in [2.24, 2.45) is 0 Å². The van der Waals surface area contributed by atoms with Crippen LogP contribution in [0.1, 0.15) is 0 Å². The molecule has 0 unspecified atom stereocenters. The highest BCUT2D eigenvalue weighted by Crippen LogP contribution is 2.26. The summed E-state index contributed by atoms with van der Waals surface area (Å²) in [5, 5.41) is 4.11. The summed E-state index contributed by atoms with van der Waals surface area (Å²) < 4.78 is 1.90. The molecule has 4 aromatic rings. The third kappa shape index (κ3) is 3.82. The van der Waals surface area contributed by atoms with Crippen molar-refractivity contribution in [3.8, 4) is 11.4 Å². The Morgan fingerprint density at radius 1 is 0.926 bits per heavy atom. The van der Waals surface area contributed by atoms with Gasteiger partial charge in [0.25, 0.3) is 0 Å². The highest BCUT2D eigenvalue weighted by molar-refractivity contribution is 6.31. The Balaban J connectivity index is 1.70. The molecule has 0 atom stereocenters. The fourth-order valence-electron chi connectivity index (χ4n) is 2.97. The SMILES string of the molecule is O=C(Cn1c(-c2ccc(Cl)cc2)nc2ccccc21)Nc1cccc(Cl)c1. The third-order valence-corrected chi connectivity index (χ3v) is 4.65. The molecule has 4 nitrogen and oxygen atoms in total. The van der Waals surface area contributed by atoms with Gasteiger partial charge in [-0.2, -0.15) is 0 Å². The minimum atomic E-state index is -0.157. The number of carbonyl (C=O) groups excluding carboxylic acids is 1. The molecule has 0 aliphatic carbocycles. The molecule has 0 saturated heterocycles.